The summed E-state index contributed by atoms with van der Waals surface area (Å²) in [4.78, 5) is 37.2. The number of anilines is 1. The number of nitrogens with zero attached hydrogens (tertiary/aromatic N) is 4. The lowest BCUT2D eigenvalue weighted by molar-refractivity contribution is -0.114. The van der Waals surface area contributed by atoms with Crippen LogP contribution in [0.1, 0.15) is 21.7 Å². The van der Waals surface area contributed by atoms with Gasteiger partial charge < -0.3 is 25.3 Å². The van der Waals surface area contributed by atoms with Crippen molar-refractivity contribution in [1.29, 1.82) is 0 Å². The standard InChI is InChI=1S/C30H24F2N6O4/c1-16-9-11-34-30(36-16)42-21-6-3-18(4-7-21)25-26(28(33)40)24-14-35-20(10-12-39)15-38(24)27(25)22-8-5-19(13-23(22)32)37-29(41)17(2)31/h3-9,11,13-15,39H,2,10,12H2,1H3,(H2,33,40)(H,37,41). The van der Waals surface area contributed by atoms with Crippen molar-refractivity contribution in [3.63, 3.8) is 0 Å². The van der Waals surface area contributed by atoms with Gasteiger partial charge in [-0.05, 0) is 48.9 Å². The number of rotatable bonds is 9. The van der Waals surface area contributed by atoms with Gasteiger partial charge >= 0.3 is 6.01 Å². The highest BCUT2D eigenvalue weighted by molar-refractivity contribution is 6.11. The number of primary amides is 1. The van der Waals surface area contributed by atoms with E-state index in [0.717, 1.165) is 11.8 Å². The van der Waals surface area contributed by atoms with Crippen LogP contribution >= 0.6 is 0 Å². The van der Waals surface area contributed by atoms with Gasteiger partial charge in [0.15, 0.2) is 5.83 Å². The molecular weight excluding hydrogens is 546 g/mol. The van der Waals surface area contributed by atoms with E-state index in [9.17, 15) is 19.1 Å². The number of halogens is 2. The lowest BCUT2D eigenvalue weighted by atomic mass is 9.96. The van der Waals surface area contributed by atoms with Crippen LogP contribution in [0.2, 0.25) is 0 Å². The number of aliphatic hydroxyl groups is 1. The summed E-state index contributed by atoms with van der Waals surface area (Å²) in [5, 5.41) is 11.7. The van der Waals surface area contributed by atoms with Gasteiger partial charge in [0.05, 0.1) is 28.7 Å². The predicted octanol–water partition coefficient (Wildman–Crippen LogP) is 4.75. The first kappa shape index (κ1) is 28.1. The van der Waals surface area contributed by atoms with Gasteiger partial charge in [-0.2, -0.15) is 0 Å². The number of nitrogens with two attached hydrogens (primary N) is 1. The predicted molar refractivity (Wildman–Crippen MR) is 151 cm³/mol. The van der Waals surface area contributed by atoms with E-state index in [-0.39, 0.29) is 41.5 Å². The van der Waals surface area contributed by atoms with Crippen molar-refractivity contribution in [3.05, 3.63) is 102 Å². The summed E-state index contributed by atoms with van der Waals surface area (Å²) in [7, 11) is 0. The number of fused-ring (bicyclic) bond motifs is 1. The Bertz CT molecular complexity index is 1850. The van der Waals surface area contributed by atoms with Gasteiger partial charge in [0.2, 0.25) is 0 Å². The molecule has 0 fully saturated rings. The van der Waals surface area contributed by atoms with Crippen LogP contribution in [0, 0.1) is 12.7 Å². The Hall–Kier alpha value is -5.49. The first-order valence-corrected chi connectivity index (χ1v) is 12.6. The van der Waals surface area contributed by atoms with E-state index < -0.39 is 23.5 Å². The molecule has 0 aliphatic rings. The van der Waals surface area contributed by atoms with Crippen molar-refractivity contribution in [2.75, 3.05) is 11.9 Å². The van der Waals surface area contributed by atoms with Gasteiger partial charge in [-0.25, -0.2) is 18.7 Å². The van der Waals surface area contributed by atoms with Gasteiger partial charge in [0, 0.05) is 47.9 Å². The minimum Gasteiger partial charge on any atom is -0.424 e. The van der Waals surface area contributed by atoms with E-state index in [2.05, 4.69) is 26.8 Å². The zero-order chi connectivity index (χ0) is 30.0. The molecule has 12 heteroatoms. The first-order valence-electron chi connectivity index (χ1n) is 12.6. The number of hydrogen-bond donors (Lipinski definition) is 3. The Balaban J connectivity index is 1.69. The molecule has 0 bridgehead atoms. The third-order valence-corrected chi connectivity index (χ3v) is 6.34. The maximum absolute atomic E-state index is 15.7. The Morgan fingerprint density at radius 2 is 1.90 bits per heavy atom. The SMILES string of the molecule is C=C(F)C(=O)Nc1ccc(-c2c(-c3ccc(Oc4nccc(C)n4)cc3)c(C(N)=O)c3cnc(CCO)cn23)c(F)c1. The van der Waals surface area contributed by atoms with Gasteiger partial charge in [-0.15, -0.1) is 0 Å². The van der Waals surface area contributed by atoms with E-state index in [1.807, 2.05) is 0 Å². The molecule has 10 nitrogen and oxygen atoms in total. The second-order valence-corrected chi connectivity index (χ2v) is 9.23. The van der Waals surface area contributed by atoms with E-state index in [4.69, 9.17) is 10.5 Å². The molecule has 42 heavy (non-hydrogen) atoms. The first-order chi connectivity index (χ1) is 20.2. The number of carbonyl (C=O) groups excluding carboxylic acids is 2. The molecule has 3 heterocycles. The van der Waals surface area contributed by atoms with Crippen molar-refractivity contribution in [3.8, 4) is 34.1 Å². The summed E-state index contributed by atoms with van der Waals surface area (Å²) in [6, 6.07) is 12.3. The zero-order valence-electron chi connectivity index (χ0n) is 22.3. The molecule has 0 saturated carbocycles. The van der Waals surface area contributed by atoms with Crippen LogP contribution < -0.4 is 15.8 Å². The van der Waals surface area contributed by atoms with E-state index in [1.54, 1.807) is 54.0 Å². The number of amides is 2. The topological polar surface area (TPSA) is 145 Å². The van der Waals surface area contributed by atoms with Crippen LogP contribution in [-0.2, 0) is 11.2 Å². The average molecular weight is 571 g/mol. The maximum atomic E-state index is 15.7. The highest BCUT2D eigenvalue weighted by Crippen LogP contribution is 2.41. The van der Waals surface area contributed by atoms with Gasteiger partial charge in [-0.3, -0.25) is 14.6 Å². The summed E-state index contributed by atoms with van der Waals surface area (Å²) in [6.07, 6.45) is 4.81. The second kappa shape index (κ2) is 11.6. The maximum Gasteiger partial charge on any atom is 0.322 e. The molecule has 0 radical (unpaired) electrons. The molecule has 0 spiro atoms. The summed E-state index contributed by atoms with van der Waals surface area (Å²) < 4.78 is 36.3. The molecule has 5 rings (SSSR count). The third kappa shape index (κ3) is 5.56. The van der Waals surface area contributed by atoms with E-state index in [1.165, 1.54) is 18.3 Å². The van der Waals surface area contributed by atoms with Crippen LogP contribution in [0.25, 0.3) is 27.9 Å². The Morgan fingerprint density at radius 1 is 1.14 bits per heavy atom. The molecule has 0 aliphatic carbocycles. The average Bonchev–Trinajstić information content (AvgIpc) is 3.28. The number of aryl methyl sites for hydroxylation is 1. The Morgan fingerprint density at radius 3 is 2.55 bits per heavy atom. The molecule has 0 aliphatic heterocycles. The summed E-state index contributed by atoms with van der Waals surface area (Å²) in [5.74, 6) is -3.46. The van der Waals surface area contributed by atoms with Crippen LogP contribution in [-0.4, -0.2) is 42.9 Å². The number of benzene rings is 2. The normalized spacial score (nSPS) is 11.0. The summed E-state index contributed by atoms with van der Waals surface area (Å²) >= 11 is 0. The van der Waals surface area contributed by atoms with Gasteiger partial charge in [0.25, 0.3) is 11.8 Å². The van der Waals surface area contributed by atoms with Crippen molar-refractivity contribution >= 4 is 23.0 Å². The Kier molecular flexibility index (Phi) is 7.71. The number of carbonyl (C=O) groups is 2. The van der Waals surface area contributed by atoms with Gasteiger partial charge in [-0.1, -0.05) is 18.7 Å². The zero-order valence-corrected chi connectivity index (χ0v) is 22.3. The quantitative estimate of drug-likeness (QED) is 0.217. The fourth-order valence-corrected chi connectivity index (χ4v) is 4.49. The molecule has 2 amide bonds. The molecule has 0 unspecified atom stereocenters. The summed E-state index contributed by atoms with van der Waals surface area (Å²) in [5.41, 5.74) is 8.61. The number of hydrogen-bond acceptors (Lipinski definition) is 7. The highest BCUT2D eigenvalue weighted by Gasteiger charge is 2.26. The number of nitrogens with one attached hydrogen (secondary N) is 1. The fraction of sp³-hybridized carbons (Fsp3) is 0.100. The fourth-order valence-electron chi connectivity index (χ4n) is 4.49. The minimum atomic E-state index is -1.23. The number of ether oxygens (including phenoxy) is 1. The molecular formula is C30H24F2N6O4. The molecule has 0 atom stereocenters. The largest absolute Gasteiger partial charge is 0.424 e. The molecule has 5 aromatic rings. The van der Waals surface area contributed by atoms with Crippen LogP contribution in [0.3, 0.4) is 0 Å². The number of aromatic nitrogens is 4. The van der Waals surface area contributed by atoms with E-state index >= 15 is 4.39 Å². The lowest BCUT2D eigenvalue weighted by Gasteiger charge is -2.12. The van der Waals surface area contributed by atoms with Crippen molar-refractivity contribution in [2.24, 2.45) is 5.73 Å². The monoisotopic (exact) mass is 570 g/mol. The summed E-state index contributed by atoms with van der Waals surface area (Å²) in [6.45, 7) is 4.56. The van der Waals surface area contributed by atoms with Crippen molar-refractivity contribution < 1.29 is 28.2 Å². The van der Waals surface area contributed by atoms with Crippen LogP contribution in [0.4, 0.5) is 14.5 Å². The van der Waals surface area contributed by atoms with E-state index in [0.29, 0.717) is 28.1 Å². The minimum absolute atomic E-state index is 0.0000851. The van der Waals surface area contributed by atoms with Crippen LogP contribution in [0.15, 0.2) is 79.5 Å². The Labute approximate surface area is 238 Å². The molecule has 3 aromatic heterocycles. The smallest absolute Gasteiger partial charge is 0.322 e. The molecule has 0 saturated heterocycles. The lowest BCUT2D eigenvalue weighted by Crippen LogP contribution is -2.12. The molecule has 2 aromatic carbocycles. The molecule has 212 valence electrons. The third-order valence-electron chi connectivity index (χ3n) is 6.34. The van der Waals surface area contributed by atoms with Crippen LogP contribution in [0.5, 0.6) is 11.8 Å². The highest BCUT2D eigenvalue weighted by atomic mass is 19.1. The molecule has 4 N–H and O–H groups in total. The van der Waals surface area contributed by atoms with Crippen molar-refractivity contribution in [1.82, 2.24) is 19.4 Å². The van der Waals surface area contributed by atoms with Gasteiger partial charge in [0.1, 0.15) is 11.6 Å². The second-order valence-electron chi connectivity index (χ2n) is 9.23. The van der Waals surface area contributed by atoms with Crippen molar-refractivity contribution in [2.45, 2.75) is 13.3 Å². The number of aliphatic hydroxyl groups excluding tert-OH is 1.